The largest absolute Gasteiger partial charge is 0.480 e. The van der Waals surface area contributed by atoms with E-state index < -0.39 is 6.04 Å². The number of benzene rings is 1. The molecule has 0 aliphatic carbocycles. The summed E-state index contributed by atoms with van der Waals surface area (Å²) >= 11 is 0. The Morgan fingerprint density at radius 3 is 3.06 bits per heavy atom. The summed E-state index contributed by atoms with van der Waals surface area (Å²) in [6, 6.07) is 4.62. The van der Waals surface area contributed by atoms with Crippen LogP contribution in [0.2, 0.25) is 0 Å². The van der Waals surface area contributed by atoms with Crippen LogP contribution in [0.25, 0.3) is 21.5 Å². The lowest BCUT2D eigenvalue weighted by molar-refractivity contribution is 0.268. The van der Waals surface area contributed by atoms with Crippen molar-refractivity contribution < 1.29 is 9.84 Å². The summed E-state index contributed by atoms with van der Waals surface area (Å²) in [4.78, 5) is 11.2. The Labute approximate surface area is 103 Å². The monoisotopic (exact) mass is 245 g/mol. The molecule has 1 atom stereocenters. The Bertz CT molecular complexity index is 609. The van der Waals surface area contributed by atoms with Crippen LogP contribution in [0.4, 0.5) is 0 Å². The van der Waals surface area contributed by atoms with Crippen molar-refractivity contribution in [3.8, 4) is 5.88 Å². The van der Waals surface area contributed by atoms with Gasteiger partial charge in [-0.2, -0.15) is 0 Å². The van der Waals surface area contributed by atoms with E-state index in [4.69, 9.17) is 10.3 Å². The molecule has 1 N–H and O–H groups in total. The molecule has 0 fully saturated rings. The van der Waals surface area contributed by atoms with Crippen molar-refractivity contribution in [1.29, 1.82) is 0 Å². The number of aliphatic hydroxyl groups excluding tert-OH is 1. The number of hydrogen-bond donors (Lipinski definition) is 1. The smallest absolute Gasteiger partial charge is 0.232 e. The van der Waals surface area contributed by atoms with Crippen LogP contribution in [-0.2, 0) is 0 Å². The van der Waals surface area contributed by atoms with E-state index in [0.29, 0.717) is 22.5 Å². The van der Waals surface area contributed by atoms with Crippen molar-refractivity contribution >= 4 is 11.0 Å². The zero-order chi connectivity index (χ0) is 13.0. The number of aromatic nitrogens is 2. The van der Waals surface area contributed by atoms with Crippen molar-refractivity contribution in [2.75, 3.05) is 13.7 Å². The molecule has 0 saturated heterocycles. The van der Waals surface area contributed by atoms with E-state index in [9.17, 15) is 5.11 Å². The third-order valence-electron chi connectivity index (χ3n) is 2.51. The lowest BCUT2D eigenvalue weighted by Gasteiger charge is -2.10. The van der Waals surface area contributed by atoms with E-state index in [-0.39, 0.29) is 6.61 Å². The Kier molecular flexibility index (Phi) is 3.57. The van der Waals surface area contributed by atoms with Crippen LogP contribution in [-0.4, -0.2) is 28.8 Å². The molecule has 92 valence electrons. The van der Waals surface area contributed by atoms with Crippen LogP contribution in [0.5, 0.6) is 5.88 Å². The number of ether oxygens (including phenoxy) is 1. The Hall–Kier alpha value is -2.37. The fourth-order valence-electron chi connectivity index (χ4n) is 1.67. The first-order chi connectivity index (χ1) is 8.80. The molecule has 0 radical (unpaired) electrons. The molecule has 2 rings (SSSR count). The molecule has 2 aromatic rings. The summed E-state index contributed by atoms with van der Waals surface area (Å²) in [6.07, 6.45) is 1.51. The predicted octanol–water partition coefficient (Wildman–Crippen LogP) is 1.98. The first-order valence-electron chi connectivity index (χ1n) is 5.25. The van der Waals surface area contributed by atoms with Gasteiger partial charge in [-0.25, -0.2) is 9.97 Å². The highest BCUT2D eigenvalue weighted by molar-refractivity contribution is 5.78. The van der Waals surface area contributed by atoms with Crippen molar-refractivity contribution in [1.82, 2.24) is 9.97 Å². The van der Waals surface area contributed by atoms with Gasteiger partial charge in [-0.1, -0.05) is 17.2 Å². The molecule has 7 nitrogen and oxygen atoms in total. The minimum absolute atomic E-state index is 0.290. The van der Waals surface area contributed by atoms with Gasteiger partial charge in [-0.05, 0) is 17.2 Å². The van der Waals surface area contributed by atoms with Crippen LogP contribution < -0.4 is 4.74 Å². The average Bonchev–Trinajstić information content (AvgIpc) is 2.43. The molecule has 1 aromatic heterocycles. The van der Waals surface area contributed by atoms with Crippen LogP contribution in [0.3, 0.4) is 0 Å². The van der Waals surface area contributed by atoms with E-state index in [0.717, 1.165) is 0 Å². The maximum absolute atomic E-state index is 9.25. The molecule has 7 heteroatoms. The molecule has 1 heterocycles. The van der Waals surface area contributed by atoms with E-state index in [1.54, 1.807) is 18.2 Å². The summed E-state index contributed by atoms with van der Waals surface area (Å²) < 4.78 is 5.01. The minimum Gasteiger partial charge on any atom is -0.480 e. The van der Waals surface area contributed by atoms with E-state index in [2.05, 4.69) is 20.0 Å². The highest BCUT2D eigenvalue weighted by Gasteiger charge is 2.14. The summed E-state index contributed by atoms with van der Waals surface area (Å²) in [5.74, 6) is 0.368. The van der Waals surface area contributed by atoms with Crippen LogP contribution >= 0.6 is 0 Å². The van der Waals surface area contributed by atoms with E-state index in [1.807, 2.05) is 0 Å². The molecular formula is C11H11N5O2. The van der Waals surface area contributed by atoms with Crippen molar-refractivity contribution in [2.45, 2.75) is 6.04 Å². The van der Waals surface area contributed by atoms with Crippen molar-refractivity contribution in [3.63, 3.8) is 0 Å². The summed E-state index contributed by atoms with van der Waals surface area (Å²) in [7, 11) is 1.50. The number of fused-ring (bicyclic) bond motifs is 1. The standard InChI is InChI=1S/C11H11N5O2/c1-18-10-5-13-8-4-2-3-7(11(8)14-10)9(6-17)15-16-12/h2-5,9,17H,6H2,1H3. The van der Waals surface area contributed by atoms with E-state index in [1.165, 1.54) is 13.3 Å². The molecule has 0 saturated carbocycles. The second kappa shape index (κ2) is 5.31. The fourth-order valence-corrected chi connectivity index (χ4v) is 1.67. The molecule has 0 aliphatic rings. The highest BCUT2D eigenvalue weighted by atomic mass is 16.5. The van der Waals surface area contributed by atoms with Crippen LogP contribution in [0.15, 0.2) is 29.5 Å². The van der Waals surface area contributed by atoms with Gasteiger partial charge in [0.1, 0.15) is 0 Å². The normalized spacial score (nSPS) is 11.9. The number of rotatable bonds is 4. The van der Waals surface area contributed by atoms with Gasteiger partial charge in [0, 0.05) is 4.91 Å². The first-order valence-corrected chi connectivity index (χ1v) is 5.25. The van der Waals surface area contributed by atoms with Crippen LogP contribution in [0.1, 0.15) is 11.6 Å². The molecule has 0 bridgehead atoms. The number of azide groups is 1. The molecule has 1 aromatic carbocycles. The molecule has 0 spiro atoms. The second-order valence-corrected chi connectivity index (χ2v) is 3.53. The molecule has 18 heavy (non-hydrogen) atoms. The van der Waals surface area contributed by atoms with Gasteiger partial charge in [-0.3, -0.25) is 0 Å². The molecule has 0 amide bonds. The average molecular weight is 245 g/mol. The summed E-state index contributed by atoms with van der Waals surface area (Å²) in [6.45, 7) is -0.290. The van der Waals surface area contributed by atoms with Crippen molar-refractivity contribution in [3.05, 3.63) is 40.4 Å². The molecule has 0 aliphatic heterocycles. The lowest BCUT2D eigenvalue weighted by Crippen LogP contribution is -2.03. The van der Waals surface area contributed by atoms with Gasteiger partial charge in [-0.15, -0.1) is 0 Å². The Morgan fingerprint density at radius 1 is 1.56 bits per heavy atom. The number of methoxy groups -OCH3 is 1. The number of hydrogen-bond acceptors (Lipinski definition) is 5. The van der Waals surface area contributed by atoms with Gasteiger partial charge in [0.15, 0.2) is 0 Å². The second-order valence-electron chi connectivity index (χ2n) is 3.53. The minimum atomic E-state index is -0.680. The zero-order valence-electron chi connectivity index (χ0n) is 9.69. The Morgan fingerprint density at radius 2 is 2.39 bits per heavy atom. The Balaban J connectivity index is 2.65. The topological polar surface area (TPSA) is 104 Å². The zero-order valence-corrected chi connectivity index (χ0v) is 9.69. The van der Waals surface area contributed by atoms with Gasteiger partial charge in [0.2, 0.25) is 5.88 Å². The molecule has 1 unspecified atom stereocenters. The first kappa shape index (κ1) is 12.1. The van der Waals surface area contributed by atoms with Crippen molar-refractivity contribution in [2.24, 2.45) is 5.11 Å². The quantitative estimate of drug-likeness (QED) is 0.505. The highest BCUT2D eigenvalue weighted by Crippen LogP contribution is 2.25. The number of aliphatic hydroxyl groups is 1. The van der Waals surface area contributed by atoms with Gasteiger partial charge < -0.3 is 9.84 Å². The fraction of sp³-hybridized carbons (Fsp3) is 0.273. The van der Waals surface area contributed by atoms with Gasteiger partial charge in [0.05, 0.1) is 37.0 Å². The van der Waals surface area contributed by atoms with Gasteiger partial charge in [0.25, 0.3) is 0 Å². The predicted molar refractivity (Wildman–Crippen MR) is 65.1 cm³/mol. The maximum atomic E-state index is 9.25. The number of nitrogens with zero attached hydrogens (tertiary/aromatic N) is 5. The van der Waals surface area contributed by atoms with Gasteiger partial charge >= 0.3 is 0 Å². The third kappa shape index (κ3) is 2.17. The maximum Gasteiger partial charge on any atom is 0.232 e. The molecular weight excluding hydrogens is 234 g/mol. The lowest BCUT2D eigenvalue weighted by atomic mass is 10.1. The third-order valence-corrected chi connectivity index (χ3v) is 2.51. The van der Waals surface area contributed by atoms with E-state index >= 15 is 0 Å². The number of para-hydroxylation sites is 1. The summed E-state index contributed by atoms with van der Waals surface area (Å²) in [5, 5.41) is 12.8. The SMILES string of the molecule is COc1cnc2cccc(C(CO)N=[N+]=[N-])c2n1. The summed E-state index contributed by atoms with van der Waals surface area (Å²) in [5.41, 5.74) is 10.3. The van der Waals surface area contributed by atoms with Crippen LogP contribution in [0, 0.1) is 0 Å².